The number of rotatable bonds is 4. The molecule has 0 saturated heterocycles. The Balaban J connectivity index is 1.90. The van der Waals surface area contributed by atoms with Gasteiger partial charge in [0.2, 0.25) is 0 Å². The number of hydrogen-bond donors (Lipinski definition) is 1. The van der Waals surface area contributed by atoms with Crippen LogP contribution in [0, 0.1) is 0 Å². The average molecular weight is 306 g/mol. The molecule has 0 aliphatic heterocycles. The van der Waals surface area contributed by atoms with Crippen LogP contribution in [0.4, 0.5) is 0 Å². The van der Waals surface area contributed by atoms with Crippen molar-refractivity contribution in [3.8, 4) is 0 Å². The fourth-order valence-electron chi connectivity index (χ4n) is 2.60. The molecule has 0 aliphatic rings. The molecule has 0 saturated carbocycles. The average Bonchev–Trinajstić information content (AvgIpc) is 2.62. The molecule has 2 heterocycles. The van der Waals surface area contributed by atoms with E-state index in [-0.39, 0.29) is 11.9 Å². The second-order valence-corrected chi connectivity index (χ2v) is 5.34. The molecule has 0 aliphatic carbocycles. The SMILES string of the molecule is CN(C(=O)c1ccc2ccncc2n1)C(CN)c1ccccc1. The lowest BCUT2D eigenvalue weighted by Gasteiger charge is -2.27. The van der Waals surface area contributed by atoms with Gasteiger partial charge in [-0.2, -0.15) is 0 Å². The Labute approximate surface area is 134 Å². The summed E-state index contributed by atoms with van der Waals surface area (Å²) in [5, 5.41) is 0.956. The number of benzene rings is 1. The van der Waals surface area contributed by atoms with Crippen molar-refractivity contribution < 1.29 is 4.79 Å². The number of pyridine rings is 2. The molecule has 0 spiro atoms. The summed E-state index contributed by atoms with van der Waals surface area (Å²) in [5.74, 6) is -0.157. The Morgan fingerprint density at radius 1 is 1.17 bits per heavy atom. The van der Waals surface area contributed by atoms with Crippen molar-refractivity contribution in [3.05, 3.63) is 72.2 Å². The minimum atomic E-state index is -0.185. The van der Waals surface area contributed by atoms with E-state index in [4.69, 9.17) is 5.73 Å². The van der Waals surface area contributed by atoms with Crippen LogP contribution in [0.25, 0.3) is 10.9 Å². The van der Waals surface area contributed by atoms with Gasteiger partial charge < -0.3 is 10.6 Å². The largest absolute Gasteiger partial charge is 0.332 e. The lowest BCUT2D eigenvalue weighted by molar-refractivity contribution is 0.0729. The summed E-state index contributed by atoms with van der Waals surface area (Å²) in [7, 11) is 1.75. The van der Waals surface area contributed by atoms with Crippen molar-refractivity contribution in [2.75, 3.05) is 13.6 Å². The summed E-state index contributed by atoms with van der Waals surface area (Å²) in [5.41, 5.74) is 7.99. The first-order valence-electron chi connectivity index (χ1n) is 7.43. The molecule has 5 nitrogen and oxygen atoms in total. The number of aromatic nitrogens is 2. The molecule has 23 heavy (non-hydrogen) atoms. The summed E-state index contributed by atoms with van der Waals surface area (Å²) in [4.78, 5) is 22.8. The number of nitrogens with zero attached hydrogens (tertiary/aromatic N) is 3. The molecule has 3 rings (SSSR count). The van der Waals surface area contributed by atoms with Crippen LogP contribution in [-0.2, 0) is 0 Å². The van der Waals surface area contributed by atoms with E-state index in [2.05, 4.69) is 9.97 Å². The number of hydrogen-bond acceptors (Lipinski definition) is 4. The molecule has 2 N–H and O–H groups in total. The highest BCUT2D eigenvalue weighted by Crippen LogP contribution is 2.20. The third-order valence-corrected chi connectivity index (χ3v) is 3.91. The maximum absolute atomic E-state index is 12.7. The van der Waals surface area contributed by atoms with Crippen LogP contribution in [0.5, 0.6) is 0 Å². The quantitative estimate of drug-likeness (QED) is 0.803. The standard InChI is InChI=1S/C18H18N4O/c1-22(17(11-19)14-5-3-2-4-6-14)18(23)15-8-7-13-9-10-20-12-16(13)21-15/h2-10,12,17H,11,19H2,1H3. The van der Waals surface area contributed by atoms with E-state index in [1.807, 2.05) is 42.5 Å². The molecule has 1 atom stereocenters. The van der Waals surface area contributed by atoms with Gasteiger partial charge >= 0.3 is 0 Å². The second kappa shape index (κ2) is 6.54. The van der Waals surface area contributed by atoms with Crippen LogP contribution in [0.15, 0.2) is 60.9 Å². The topological polar surface area (TPSA) is 72.1 Å². The molecule has 0 radical (unpaired) electrons. The molecular formula is C18H18N4O. The fraction of sp³-hybridized carbons (Fsp3) is 0.167. The van der Waals surface area contributed by atoms with Crippen molar-refractivity contribution >= 4 is 16.8 Å². The summed E-state index contributed by atoms with van der Waals surface area (Å²) in [6.45, 7) is 0.349. The van der Waals surface area contributed by atoms with Gasteiger partial charge in [-0.25, -0.2) is 4.98 Å². The van der Waals surface area contributed by atoms with Crippen molar-refractivity contribution in [2.45, 2.75) is 6.04 Å². The van der Waals surface area contributed by atoms with E-state index in [1.54, 1.807) is 30.4 Å². The highest BCUT2D eigenvalue weighted by Gasteiger charge is 2.22. The zero-order chi connectivity index (χ0) is 16.2. The van der Waals surface area contributed by atoms with E-state index in [9.17, 15) is 4.79 Å². The number of fused-ring (bicyclic) bond motifs is 1. The molecule has 1 unspecified atom stereocenters. The lowest BCUT2D eigenvalue weighted by Crippen LogP contribution is -2.35. The third kappa shape index (κ3) is 3.05. The zero-order valence-corrected chi connectivity index (χ0v) is 12.9. The Morgan fingerprint density at radius 2 is 1.96 bits per heavy atom. The third-order valence-electron chi connectivity index (χ3n) is 3.91. The van der Waals surface area contributed by atoms with Crippen LogP contribution in [0.1, 0.15) is 22.1 Å². The summed E-state index contributed by atoms with van der Waals surface area (Å²) < 4.78 is 0. The second-order valence-electron chi connectivity index (χ2n) is 5.34. The number of carbonyl (C=O) groups is 1. The van der Waals surface area contributed by atoms with Crippen LogP contribution < -0.4 is 5.73 Å². The maximum atomic E-state index is 12.7. The molecule has 1 amide bonds. The molecule has 3 aromatic rings. The maximum Gasteiger partial charge on any atom is 0.272 e. The normalized spacial score (nSPS) is 12.1. The van der Waals surface area contributed by atoms with E-state index >= 15 is 0 Å². The van der Waals surface area contributed by atoms with Crippen molar-refractivity contribution in [2.24, 2.45) is 5.73 Å². The minimum absolute atomic E-state index is 0.157. The van der Waals surface area contributed by atoms with Crippen LogP contribution in [0.2, 0.25) is 0 Å². The number of likely N-dealkylation sites (N-methyl/N-ethyl adjacent to an activating group) is 1. The van der Waals surface area contributed by atoms with Gasteiger partial charge in [-0.1, -0.05) is 36.4 Å². The van der Waals surface area contributed by atoms with Crippen molar-refractivity contribution in [1.82, 2.24) is 14.9 Å². The smallest absolute Gasteiger partial charge is 0.272 e. The van der Waals surface area contributed by atoms with Crippen LogP contribution >= 0.6 is 0 Å². The van der Waals surface area contributed by atoms with Gasteiger partial charge in [0.1, 0.15) is 5.69 Å². The number of amides is 1. The molecular weight excluding hydrogens is 288 g/mol. The first-order valence-corrected chi connectivity index (χ1v) is 7.43. The Kier molecular flexibility index (Phi) is 4.30. The monoisotopic (exact) mass is 306 g/mol. The summed E-state index contributed by atoms with van der Waals surface area (Å²) in [6, 6.07) is 15.1. The number of nitrogens with two attached hydrogens (primary N) is 1. The lowest BCUT2D eigenvalue weighted by atomic mass is 10.1. The highest BCUT2D eigenvalue weighted by atomic mass is 16.2. The van der Waals surface area contributed by atoms with E-state index in [0.29, 0.717) is 17.8 Å². The van der Waals surface area contributed by atoms with Gasteiger partial charge in [-0.15, -0.1) is 0 Å². The van der Waals surface area contributed by atoms with Gasteiger partial charge in [0.25, 0.3) is 5.91 Å². The van der Waals surface area contributed by atoms with Gasteiger partial charge in [-0.3, -0.25) is 9.78 Å². The van der Waals surface area contributed by atoms with Crippen LogP contribution in [0.3, 0.4) is 0 Å². The first-order chi connectivity index (χ1) is 11.2. The molecule has 5 heteroatoms. The van der Waals surface area contributed by atoms with E-state index < -0.39 is 0 Å². The zero-order valence-electron chi connectivity index (χ0n) is 12.9. The predicted molar refractivity (Wildman–Crippen MR) is 89.9 cm³/mol. The Morgan fingerprint density at radius 3 is 2.70 bits per heavy atom. The van der Waals surface area contributed by atoms with Crippen molar-refractivity contribution in [3.63, 3.8) is 0 Å². The molecule has 2 aromatic heterocycles. The molecule has 0 fully saturated rings. The number of carbonyl (C=O) groups excluding carboxylic acids is 1. The van der Waals surface area contributed by atoms with E-state index in [0.717, 1.165) is 10.9 Å². The molecule has 1 aromatic carbocycles. The highest BCUT2D eigenvalue weighted by molar-refractivity contribution is 5.94. The minimum Gasteiger partial charge on any atom is -0.332 e. The van der Waals surface area contributed by atoms with Crippen LogP contribution in [-0.4, -0.2) is 34.4 Å². The first kappa shape index (κ1) is 15.1. The Bertz CT molecular complexity index is 819. The van der Waals surface area contributed by atoms with E-state index in [1.165, 1.54) is 0 Å². The predicted octanol–water partition coefficient (Wildman–Crippen LogP) is 2.40. The molecule has 116 valence electrons. The Hall–Kier alpha value is -2.79. The molecule has 0 bridgehead atoms. The van der Waals surface area contributed by atoms with Gasteiger partial charge in [-0.05, 0) is 17.7 Å². The summed E-state index contributed by atoms with van der Waals surface area (Å²) >= 11 is 0. The van der Waals surface area contributed by atoms with Crippen molar-refractivity contribution in [1.29, 1.82) is 0 Å². The fourth-order valence-corrected chi connectivity index (χ4v) is 2.60. The summed E-state index contributed by atoms with van der Waals surface area (Å²) in [6.07, 6.45) is 3.36. The van der Waals surface area contributed by atoms with Gasteiger partial charge in [0.05, 0.1) is 17.8 Å². The van der Waals surface area contributed by atoms with Gasteiger partial charge in [0.15, 0.2) is 0 Å². The van der Waals surface area contributed by atoms with Gasteiger partial charge in [0, 0.05) is 25.2 Å².